The summed E-state index contributed by atoms with van der Waals surface area (Å²) < 4.78 is 2.02. The van der Waals surface area contributed by atoms with Crippen molar-refractivity contribution in [2.45, 2.75) is 20.3 Å². The Morgan fingerprint density at radius 3 is 2.62 bits per heavy atom. The first-order chi connectivity index (χ1) is 11.6. The van der Waals surface area contributed by atoms with E-state index in [1.165, 1.54) is 11.1 Å². The van der Waals surface area contributed by atoms with Crippen LogP contribution in [0, 0.1) is 13.8 Å². The van der Waals surface area contributed by atoms with Crippen molar-refractivity contribution in [3.63, 3.8) is 0 Å². The fraction of sp³-hybridized carbons (Fsp3) is 0.200. The lowest BCUT2D eigenvalue weighted by molar-refractivity contribution is -0.116. The van der Waals surface area contributed by atoms with Crippen LogP contribution in [0.2, 0.25) is 0 Å². The van der Waals surface area contributed by atoms with Gasteiger partial charge >= 0.3 is 0 Å². The van der Waals surface area contributed by atoms with E-state index in [-0.39, 0.29) is 5.91 Å². The third-order valence-corrected chi connectivity index (χ3v) is 3.83. The Morgan fingerprint density at radius 1 is 1.08 bits per heavy atom. The van der Waals surface area contributed by atoms with Crippen LogP contribution in [0.15, 0.2) is 54.9 Å². The normalized spacial score (nSPS) is 11.2. The molecule has 0 unspecified atom stereocenters. The molecule has 3 aromatic rings. The highest BCUT2D eigenvalue weighted by molar-refractivity contribution is 5.91. The number of aromatic nitrogens is 2. The maximum atomic E-state index is 11.9. The number of hydrogen-bond acceptors (Lipinski definition) is 2. The molecule has 122 valence electrons. The smallest absolute Gasteiger partial charge is 0.244 e. The molecule has 0 aliphatic carbocycles. The molecule has 4 heteroatoms. The Balaban J connectivity index is 1.51. The van der Waals surface area contributed by atoms with Crippen molar-refractivity contribution in [1.82, 2.24) is 14.7 Å². The van der Waals surface area contributed by atoms with Crippen LogP contribution in [-0.4, -0.2) is 21.8 Å². The monoisotopic (exact) mass is 319 g/mol. The minimum atomic E-state index is -0.0878. The minimum Gasteiger partial charge on any atom is -0.352 e. The van der Waals surface area contributed by atoms with Crippen LogP contribution in [0.3, 0.4) is 0 Å². The summed E-state index contributed by atoms with van der Waals surface area (Å²) in [7, 11) is 0. The highest BCUT2D eigenvalue weighted by atomic mass is 16.1. The topological polar surface area (TPSA) is 46.4 Å². The van der Waals surface area contributed by atoms with Crippen molar-refractivity contribution in [2.75, 3.05) is 6.54 Å². The number of benzene rings is 1. The molecule has 4 nitrogen and oxygen atoms in total. The molecule has 1 N–H and O–H groups in total. The van der Waals surface area contributed by atoms with Gasteiger partial charge in [-0.2, -0.15) is 0 Å². The van der Waals surface area contributed by atoms with Crippen molar-refractivity contribution in [1.29, 1.82) is 0 Å². The van der Waals surface area contributed by atoms with Gasteiger partial charge in [-0.3, -0.25) is 4.79 Å². The van der Waals surface area contributed by atoms with E-state index in [2.05, 4.69) is 23.4 Å². The van der Waals surface area contributed by atoms with E-state index in [4.69, 9.17) is 0 Å². The van der Waals surface area contributed by atoms with Gasteiger partial charge in [0.2, 0.25) is 5.91 Å². The van der Waals surface area contributed by atoms with Crippen molar-refractivity contribution in [3.05, 3.63) is 77.3 Å². The van der Waals surface area contributed by atoms with Crippen LogP contribution >= 0.6 is 0 Å². The zero-order chi connectivity index (χ0) is 16.9. The zero-order valence-corrected chi connectivity index (χ0v) is 14.0. The summed E-state index contributed by atoms with van der Waals surface area (Å²) in [5, 5.41) is 2.89. The van der Waals surface area contributed by atoms with E-state index in [0.29, 0.717) is 13.0 Å². The van der Waals surface area contributed by atoms with Gasteiger partial charge in [0.25, 0.3) is 0 Å². The van der Waals surface area contributed by atoms with Crippen molar-refractivity contribution in [3.8, 4) is 0 Å². The Bertz CT molecular complexity index is 876. The van der Waals surface area contributed by atoms with Gasteiger partial charge in [-0.1, -0.05) is 35.9 Å². The number of aryl methyl sites for hydroxylation is 2. The number of imidazole rings is 1. The van der Waals surface area contributed by atoms with Crippen LogP contribution in [0.25, 0.3) is 11.7 Å². The van der Waals surface area contributed by atoms with Crippen LogP contribution in [0.4, 0.5) is 0 Å². The molecule has 0 fully saturated rings. The molecule has 3 rings (SSSR count). The summed E-state index contributed by atoms with van der Waals surface area (Å²) in [6, 6.07) is 12.1. The minimum absolute atomic E-state index is 0.0878. The second-order valence-corrected chi connectivity index (χ2v) is 5.99. The van der Waals surface area contributed by atoms with E-state index in [1.807, 2.05) is 60.0 Å². The molecule has 1 aromatic carbocycles. The summed E-state index contributed by atoms with van der Waals surface area (Å²) in [6.07, 6.45) is 8.16. The molecule has 0 aliphatic heterocycles. The van der Waals surface area contributed by atoms with Crippen molar-refractivity contribution >= 4 is 17.6 Å². The second kappa shape index (κ2) is 7.13. The highest BCUT2D eigenvalue weighted by Gasteiger charge is 2.02. The number of nitrogens with zero attached hydrogens (tertiary/aromatic N) is 2. The molecule has 1 amide bonds. The van der Waals surface area contributed by atoms with Crippen LogP contribution in [-0.2, 0) is 11.2 Å². The first-order valence-electron chi connectivity index (χ1n) is 8.07. The van der Waals surface area contributed by atoms with E-state index in [9.17, 15) is 4.79 Å². The quantitative estimate of drug-likeness (QED) is 0.733. The molecule has 24 heavy (non-hydrogen) atoms. The van der Waals surface area contributed by atoms with Gasteiger partial charge < -0.3 is 9.72 Å². The maximum Gasteiger partial charge on any atom is 0.244 e. The molecule has 0 bridgehead atoms. The van der Waals surface area contributed by atoms with Crippen LogP contribution in [0.5, 0.6) is 0 Å². The third kappa shape index (κ3) is 4.10. The molecular weight excluding hydrogens is 298 g/mol. The molecule has 2 aromatic heterocycles. The second-order valence-electron chi connectivity index (χ2n) is 5.99. The summed E-state index contributed by atoms with van der Waals surface area (Å²) >= 11 is 0. The van der Waals surface area contributed by atoms with Gasteiger partial charge in [0.05, 0.1) is 5.69 Å². The molecule has 0 radical (unpaired) electrons. The fourth-order valence-corrected chi connectivity index (χ4v) is 2.50. The van der Waals surface area contributed by atoms with Gasteiger partial charge in [-0.25, -0.2) is 4.98 Å². The first-order valence-corrected chi connectivity index (χ1v) is 8.07. The molecule has 0 spiro atoms. The largest absolute Gasteiger partial charge is 0.352 e. The van der Waals surface area contributed by atoms with Gasteiger partial charge in [0.15, 0.2) is 0 Å². The van der Waals surface area contributed by atoms with Crippen LogP contribution in [0.1, 0.15) is 22.4 Å². The Kier molecular flexibility index (Phi) is 4.75. The molecule has 0 atom stereocenters. The Labute approximate surface area is 141 Å². The number of hydrogen-bond donors (Lipinski definition) is 1. The van der Waals surface area contributed by atoms with Gasteiger partial charge in [-0.15, -0.1) is 0 Å². The van der Waals surface area contributed by atoms with E-state index >= 15 is 0 Å². The van der Waals surface area contributed by atoms with E-state index in [0.717, 1.165) is 16.9 Å². The predicted molar refractivity (Wildman–Crippen MR) is 96.9 cm³/mol. The Hall–Kier alpha value is -2.88. The van der Waals surface area contributed by atoms with Crippen molar-refractivity contribution < 1.29 is 4.79 Å². The Morgan fingerprint density at radius 2 is 1.83 bits per heavy atom. The fourth-order valence-electron chi connectivity index (χ4n) is 2.50. The standard InChI is InChI=1S/C20H21N3O/c1-15-3-6-17(7-4-15)8-10-20(24)21-12-11-18-14-23-13-16(2)5-9-19(23)22-18/h3-10,13-14H,11-12H2,1-2H3,(H,21,24)/b10-8+. The number of fused-ring (bicyclic) bond motifs is 1. The first kappa shape index (κ1) is 16.0. The maximum absolute atomic E-state index is 11.9. The van der Waals surface area contributed by atoms with Gasteiger partial charge in [0, 0.05) is 31.4 Å². The number of rotatable bonds is 5. The average Bonchev–Trinajstić information content (AvgIpc) is 2.96. The SMILES string of the molecule is Cc1ccc(/C=C/C(=O)NCCc2cn3cc(C)ccc3n2)cc1. The van der Waals surface area contributed by atoms with E-state index < -0.39 is 0 Å². The average molecular weight is 319 g/mol. The number of nitrogens with one attached hydrogen (secondary N) is 1. The molecule has 2 heterocycles. The lowest BCUT2D eigenvalue weighted by Gasteiger charge is -2.00. The molecule has 0 saturated heterocycles. The van der Waals surface area contributed by atoms with Gasteiger partial charge in [0.1, 0.15) is 5.65 Å². The summed E-state index contributed by atoms with van der Waals surface area (Å²) in [6.45, 7) is 4.67. The summed E-state index contributed by atoms with van der Waals surface area (Å²) in [4.78, 5) is 16.4. The lowest BCUT2D eigenvalue weighted by Crippen LogP contribution is -2.23. The predicted octanol–water partition coefficient (Wildman–Crippen LogP) is 3.32. The van der Waals surface area contributed by atoms with E-state index in [1.54, 1.807) is 6.08 Å². The lowest BCUT2D eigenvalue weighted by atomic mass is 10.1. The number of carbonyl (C=O) groups excluding carboxylic acids is 1. The molecule has 0 saturated carbocycles. The zero-order valence-electron chi connectivity index (χ0n) is 14.0. The third-order valence-electron chi connectivity index (χ3n) is 3.83. The summed E-state index contributed by atoms with van der Waals surface area (Å²) in [5.74, 6) is -0.0878. The number of pyridine rings is 1. The summed E-state index contributed by atoms with van der Waals surface area (Å²) in [5.41, 5.74) is 5.33. The van der Waals surface area contributed by atoms with Crippen molar-refractivity contribution in [2.24, 2.45) is 0 Å². The highest BCUT2D eigenvalue weighted by Crippen LogP contribution is 2.07. The molecular formula is C20H21N3O. The number of amides is 1. The van der Waals surface area contributed by atoms with Gasteiger partial charge in [-0.05, 0) is 37.1 Å². The number of carbonyl (C=O) groups is 1. The van der Waals surface area contributed by atoms with Crippen LogP contribution < -0.4 is 5.32 Å². The molecule has 0 aliphatic rings.